The summed E-state index contributed by atoms with van der Waals surface area (Å²) in [5.41, 5.74) is 0. The van der Waals surface area contributed by atoms with Crippen LogP contribution >= 0.6 is 15.9 Å². The fourth-order valence-electron chi connectivity index (χ4n) is 0.529. The van der Waals surface area contributed by atoms with E-state index in [4.69, 9.17) is 6.42 Å². The third-order valence-electron chi connectivity index (χ3n) is 0.993. The molecule has 0 bridgehead atoms. The highest BCUT2D eigenvalue weighted by atomic mass is 79.9. The largest absolute Gasteiger partial charge is 0.301 e. The van der Waals surface area contributed by atoms with E-state index in [2.05, 4.69) is 31.2 Å². The molecule has 1 heterocycles. The normalized spacial score (nSPS) is 8.67. The molecular formula is C7H4BrN3O. The van der Waals surface area contributed by atoms with E-state index in [1.54, 1.807) is 0 Å². The molecule has 1 N–H and O–H groups in total. The van der Waals surface area contributed by atoms with E-state index >= 15 is 0 Å². The third-order valence-corrected chi connectivity index (χ3v) is 1.40. The van der Waals surface area contributed by atoms with Gasteiger partial charge in [-0.1, -0.05) is 0 Å². The first-order valence-electron chi connectivity index (χ1n) is 2.97. The summed E-state index contributed by atoms with van der Waals surface area (Å²) in [4.78, 5) is 18.3. The molecule has 0 unspecified atom stereocenters. The number of nitrogens with zero attached hydrogens (tertiary/aromatic N) is 2. The minimum atomic E-state index is -0.536. The number of aromatic nitrogens is 2. The van der Waals surface area contributed by atoms with Gasteiger partial charge in [0, 0.05) is 0 Å². The number of anilines is 1. The molecule has 1 aromatic heterocycles. The zero-order valence-corrected chi connectivity index (χ0v) is 7.50. The molecule has 12 heavy (non-hydrogen) atoms. The van der Waals surface area contributed by atoms with Crippen LogP contribution in [-0.2, 0) is 4.79 Å². The Bertz CT molecular complexity index is 327. The molecule has 0 fully saturated rings. The molecule has 4 nitrogen and oxygen atoms in total. The van der Waals surface area contributed by atoms with Crippen LogP contribution in [0.25, 0.3) is 0 Å². The molecule has 5 heteroatoms. The molecule has 0 spiro atoms. The SMILES string of the molecule is C#CC(=O)Nc1cnc(Br)cn1. The van der Waals surface area contributed by atoms with Gasteiger partial charge in [-0.3, -0.25) is 10.1 Å². The molecule has 0 atom stereocenters. The number of halogens is 1. The Kier molecular flexibility index (Phi) is 2.77. The highest BCUT2D eigenvalue weighted by Gasteiger charge is 1.98. The summed E-state index contributed by atoms with van der Waals surface area (Å²) < 4.78 is 0.598. The molecule has 0 saturated carbocycles. The lowest BCUT2D eigenvalue weighted by Crippen LogP contribution is -2.09. The van der Waals surface area contributed by atoms with Crippen molar-refractivity contribution in [1.29, 1.82) is 0 Å². The van der Waals surface area contributed by atoms with E-state index in [0.717, 1.165) is 0 Å². The minimum Gasteiger partial charge on any atom is -0.298 e. The van der Waals surface area contributed by atoms with Gasteiger partial charge in [-0.05, 0) is 21.9 Å². The highest BCUT2D eigenvalue weighted by Crippen LogP contribution is 2.05. The second-order valence-corrected chi connectivity index (χ2v) is 2.64. The van der Waals surface area contributed by atoms with Gasteiger partial charge in [-0.2, -0.15) is 0 Å². The van der Waals surface area contributed by atoms with Crippen molar-refractivity contribution in [3.8, 4) is 12.3 Å². The Morgan fingerprint density at radius 3 is 2.83 bits per heavy atom. The second kappa shape index (κ2) is 3.83. The van der Waals surface area contributed by atoms with Crippen LogP contribution in [-0.4, -0.2) is 15.9 Å². The summed E-state index contributed by atoms with van der Waals surface area (Å²) >= 11 is 3.10. The maximum absolute atomic E-state index is 10.6. The fourth-order valence-corrected chi connectivity index (χ4v) is 0.734. The molecule has 0 aliphatic heterocycles. The average Bonchev–Trinajstić information content (AvgIpc) is 2.09. The van der Waals surface area contributed by atoms with Crippen LogP contribution in [0.2, 0.25) is 0 Å². The molecule has 0 saturated heterocycles. The molecule has 0 radical (unpaired) electrons. The number of rotatable bonds is 1. The number of carbonyl (C=O) groups excluding carboxylic acids is 1. The van der Waals surface area contributed by atoms with Gasteiger partial charge in [-0.15, -0.1) is 6.42 Å². The minimum absolute atomic E-state index is 0.334. The van der Waals surface area contributed by atoms with Crippen LogP contribution in [0.4, 0.5) is 5.82 Å². The maximum atomic E-state index is 10.6. The standard InChI is InChI=1S/C7H4BrN3O/c1-2-7(12)11-6-4-9-5(8)3-10-6/h1,3-4H,(H,10,11,12). The lowest BCUT2D eigenvalue weighted by atomic mass is 10.6. The Labute approximate surface area is 77.5 Å². The number of carbonyl (C=O) groups is 1. The van der Waals surface area contributed by atoms with Crippen LogP contribution in [0, 0.1) is 12.3 Å². The van der Waals surface area contributed by atoms with E-state index in [-0.39, 0.29) is 0 Å². The summed E-state index contributed by atoms with van der Waals surface area (Å²) in [7, 11) is 0. The molecule has 1 amide bonds. The average molecular weight is 226 g/mol. The van der Waals surface area contributed by atoms with Gasteiger partial charge in [0.2, 0.25) is 0 Å². The predicted octanol–water partition coefficient (Wildman–Crippen LogP) is 0.811. The van der Waals surface area contributed by atoms with Crippen molar-refractivity contribution >= 4 is 27.7 Å². The summed E-state index contributed by atoms with van der Waals surface area (Å²) in [6.07, 6.45) is 7.70. The quantitative estimate of drug-likeness (QED) is 0.721. The van der Waals surface area contributed by atoms with Gasteiger partial charge in [-0.25, -0.2) is 9.97 Å². The van der Waals surface area contributed by atoms with Crippen molar-refractivity contribution in [3.63, 3.8) is 0 Å². The first-order valence-corrected chi connectivity index (χ1v) is 3.77. The van der Waals surface area contributed by atoms with Crippen LogP contribution < -0.4 is 5.32 Å². The molecule has 60 valence electrons. The van der Waals surface area contributed by atoms with Crippen molar-refractivity contribution in [2.45, 2.75) is 0 Å². The van der Waals surface area contributed by atoms with Crippen molar-refractivity contribution in [1.82, 2.24) is 9.97 Å². The number of nitrogens with one attached hydrogen (secondary N) is 1. The maximum Gasteiger partial charge on any atom is 0.301 e. The first kappa shape index (κ1) is 8.68. The van der Waals surface area contributed by atoms with E-state index < -0.39 is 5.91 Å². The number of terminal acetylenes is 1. The zero-order chi connectivity index (χ0) is 8.97. The van der Waals surface area contributed by atoms with E-state index in [9.17, 15) is 4.79 Å². The van der Waals surface area contributed by atoms with E-state index in [0.29, 0.717) is 10.4 Å². The monoisotopic (exact) mass is 225 g/mol. The van der Waals surface area contributed by atoms with E-state index in [1.807, 2.05) is 5.92 Å². The molecular weight excluding hydrogens is 222 g/mol. The topological polar surface area (TPSA) is 54.9 Å². The van der Waals surface area contributed by atoms with Gasteiger partial charge < -0.3 is 0 Å². The summed E-state index contributed by atoms with van der Waals surface area (Å²) in [5.74, 6) is 1.70. The van der Waals surface area contributed by atoms with Crippen molar-refractivity contribution in [2.75, 3.05) is 5.32 Å². The molecule has 0 aromatic carbocycles. The Hall–Kier alpha value is -1.41. The molecule has 1 rings (SSSR count). The Morgan fingerprint density at radius 1 is 1.58 bits per heavy atom. The predicted molar refractivity (Wildman–Crippen MR) is 47.2 cm³/mol. The van der Waals surface area contributed by atoms with Gasteiger partial charge >= 0.3 is 5.91 Å². The van der Waals surface area contributed by atoms with E-state index in [1.165, 1.54) is 12.4 Å². The molecule has 0 aliphatic rings. The smallest absolute Gasteiger partial charge is 0.298 e. The number of amides is 1. The van der Waals surface area contributed by atoms with Gasteiger partial charge in [0.15, 0.2) is 5.82 Å². The van der Waals surface area contributed by atoms with Crippen molar-refractivity contribution in [3.05, 3.63) is 17.0 Å². The van der Waals surface area contributed by atoms with Crippen LogP contribution in [0.1, 0.15) is 0 Å². The van der Waals surface area contributed by atoms with Crippen LogP contribution in [0.5, 0.6) is 0 Å². The second-order valence-electron chi connectivity index (χ2n) is 1.82. The van der Waals surface area contributed by atoms with Gasteiger partial charge in [0.25, 0.3) is 0 Å². The lowest BCUT2D eigenvalue weighted by Gasteiger charge is -1.97. The highest BCUT2D eigenvalue weighted by molar-refractivity contribution is 9.10. The van der Waals surface area contributed by atoms with Crippen molar-refractivity contribution in [2.24, 2.45) is 0 Å². The van der Waals surface area contributed by atoms with Crippen LogP contribution in [0.3, 0.4) is 0 Å². The molecule has 1 aromatic rings. The summed E-state index contributed by atoms with van der Waals surface area (Å²) in [6, 6.07) is 0. The third kappa shape index (κ3) is 2.32. The number of hydrogen-bond acceptors (Lipinski definition) is 3. The lowest BCUT2D eigenvalue weighted by molar-refractivity contribution is -0.111. The van der Waals surface area contributed by atoms with Gasteiger partial charge in [0.1, 0.15) is 4.60 Å². The van der Waals surface area contributed by atoms with Crippen molar-refractivity contribution < 1.29 is 4.79 Å². The van der Waals surface area contributed by atoms with Crippen LogP contribution in [0.15, 0.2) is 17.0 Å². The first-order chi connectivity index (χ1) is 5.72. The number of hydrogen-bond donors (Lipinski definition) is 1. The Balaban J connectivity index is 2.73. The van der Waals surface area contributed by atoms with Gasteiger partial charge in [0.05, 0.1) is 12.4 Å². The Morgan fingerprint density at radius 2 is 2.33 bits per heavy atom. The summed E-state index contributed by atoms with van der Waals surface area (Å²) in [6.45, 7) is 0. The molecule has 0 aliphatic carbocycles. The fraction of sp³-hybridized carbons (Fsp3) is 0. The zero-order valence-electron chi connectivity index (χ0n) is 5.91. The summed E-state index contributed by atoms with van der Waals surface area (Å²) in [5, 5.41) is 2.35.